The molecule has 0 saturated heterocycles. The van der Waals surface area contributed by atoms with Gasteiger partial charge in [-0.2, -0.15) is 0 Å². The van der Waals surface area contributed by atoms with Crippen LogP contribution in [0.4, 0.5) is 0 Å². The summed E-state index contributed by atoms with van der Waals surface area (Å²) in [6.07, 6.45) is 3.37. The largest absolute Gasteiger partial charge is 0.461 e. The molecular formula is C9H10N2O2S. The van der Waals surface area contributed by atoms with Crippen LogP contribution in [0.15, 0.2) is 12.5 Å². The summed E-state index contributed by atoms with van der Waals surface area (Å²) in [5.74, 6) is -0.283. The third-order valence-electron chi connectivity index (χ3n) is 1.91. The van der Waals surface area contributed by atoms with Crippen LogP contribution in [0.25, 0.3) is 4.83 Å². The molecule has 0 aromatic carbocycles. The van der Waals surface area contributed by atoms with Gasteiger partial charge in [0.2, 0.25) is 0 Å². The van der Waals surface area contributed by atoms with E-state index in [1.807, 2.05) is 6.92 Å². The van der Waals surface area contributed by atoms with Crippen LogP contribution in [-0.4, -0.2) is 22.0 Å². The van der Waals surface area contributed by atoms with Crippen LogP contribution in [0.2, 0.25) is 0 Å². The van der Waals surface area contributed by atoms with Gasteiger partial charge in [0.1, 0.15) is 16.9 Å². The number of carbonyl (C=O) groups is 1. The van der Waals surface area contributed by atoms with Crippen LogP contribution in [0.3, 0.4) is 0 Å². The Hall–Kier alpha value is -1.36. The summed E-state index contributed by atoms with van der Waals surface area (Å²) in [7, 11) is 0. The number of hydrogen-bond donors (Lipinski definition) is 0. The summed E-state index contributed by atoms with van der Waals surface area (Å²) in [5, 5.41) is 0. The minimum absolute atomic E-state index is 0.283. The van der Waals surface area contributed by atoms with Crippen molar-refractivity contribution in [1.29, 1.82) is 0 Å². The number of carbonyl (C=O) groups excluding carboxylic acids is 1. The number of esters is 1. The first-order chi connectivity index (χ1) is 6.74. The molecular weight excluding hydrogens is 200 g/mol. The van der Waals surface area contributed by atoms with Crippen LogP contribution in [0, 0.1) is 6.92 Å². The van der Waals surface area contributed by atoms with Crippen LogP contribution >= 0.6 is 11.3 Å². The number of nitrogens with zero attached hydrogens (tertiary/aromatic N) is 2. The van der Waals surface area contributed by atoms with Crippen molar-refractivity contribution in [2.24, 2.45) is 0 Å². The summed E-state index contributed by atoms with van der Waals surface area (Å²) in [5.41, 5.74) is 0.587. The zero-order valence-corrected chi connectivity index (χ0v) is 8.80. The van der Waals surface area contributed by atoms with Crippen LogP contribution in [0.1, 0.15) is 22.3 Å². The van der Waals surface area contributed by atoms with Crippen molar-refractivity contribution in [3.05, 3.63) is 23.1 Å². The highest BCUT2D eigenvalue weighted by Gasteiger charge is 2.17. The number of hydrogen-bond acceptors (Lipinski definition) is 4. The molecule has 0 bridgehead atoms. The lowest BCUT2D eigenvalue weighted by Crippen LogP contribution is -2.08. The third kappa shape index (κ3) is 1.29. The maximum atomic E-state index is 11.6. The first-order valence-corrected chi connectivity index (χ1v) is 5.14. The lowest BCUT2D eigenvalue weighted by Gasteiger charge is -2.00. The van der Waals surface area contributed by atoms with E-state index >= 15 is 0 Å². The van der Waals surface area contributed by atoms with Gasteiger partial charge < -0.3 is 4.74 Å². The van der Waals surface area contributed by atoms with Crippen LogP contribution in [-0.2, 0) is 4.74 Å². The summed E-state index contributed by atoms with van der Waals surface area (Å²) in [4.78, 5) is 17.5. The Morgan fingerprint density at radius 1 is 1.71 bits per heavy atom. The van der Waals surface area contributed by atoms with Crippen molar-refractivity contribution in [2.75, 3.05) is 6.61 Å². The lowest BCUT2D eigenvalue weighted by molar-refractivity contribution is 0.0518. The van der Waals surface area contributed by atoms with E-state index in [4.69, 9.17) is 4.74 Å². The summed E-state index contributed by atoms with van der Waals surface area (Å²) < 4.78 is 6.73. The Labute approximate surface area is 85.1 Å². The van der Waals surface area contributed by atoms with Crippen molar-refractivity contribution in [2.45, 2.75) is 13.8 Å². The first-order valence-electron chi connectivity index (χ1n) is 4.32. The van der Waals surface area contributed by atoms with Gasteiger partial charge in [0, 0.05) is 4.88 Å². The number of fused-ring (bicyclic) bond motifs is 1. The molecule has 0 aliphatic heterocycles. The second-order valence-electron chi connectivity index (χ2n) is 2.83. The topological polar surface area (TPSA) is 43.6 Å². The number of rotatable bonds is 2. The molecule has 0 unspecified atom stereocenters. The first kappa shape index (κ1) is 9.21. The molecule has 5 heteroatoms. The Bertz CT molecular complexity index is 472. The van der Waals surface area contributed by atoms with Gasteiger partial charge in [0.25, 0.3) is 0 Å². The van der Waals surface area contributed by atoms with E-state index in [1.54, 1.807) is 23.8 Å². The maximum Gasteiger partial charge on any atom is 0.356 e. The molecule has 0 fully saturated rings. The fourth-order valence-corrected chi connectivity index (χ4v) is 2.29. The van der Waals surface area contributed by atoms with Crippen molar-refractivity contribution in [1.82, 2.24) is 9.38 Å². The highest BCUT2D eigenvalue weighted by molar-refractivity contribution is 7.17. The SMILES string of the molecule is CCOC(=O)c1c(C)sc2cncn12. The van der Waals surface area contributed by atoms with Gasteiger partial charge in [-0.05, 0) is 13.8 Å². The fraction of sp³-hybridized carbons (Fsp3) is 0.333. The quantitative estimate of drug-likeness (QED) is 0.711. The number of thiazole rings is 1. The molecule has 14 heavy (non-hydrogen) atoms. The van der Waals surface area contributed by atoms with Gasteiger partial charge >= 0.3 is 5.97 Å². The molecule has 0 aliphatic carbocycles. The van der Waals surface area contributed by atoms with Gasteiger partial charge in [-0.25, -0.2) is 9.78 Å². The molecule has 0 N–H and O–H groups in total. The molecule has 2 aromatic rings. The molecule has 2 heterocycles. The minimum atomic E-state index is -0.283. The van der Waals surface area contributed by atoms with Crippen LogP contribution in [0.5, 0.6) is 0 Å². The molecule has 74 valence electrons. The van der Waals surface area contributed by atoms with Crippen LogP contribution < -0.4 is 0 Å². The molecule has 0 aliphatic rings. The monoisotopic (exact) mass is 210 g/mol. The second-order valence-corrected chi connectivity index (χ2v) is 4.06. The van der Waals surface area contributed by atoms with Gasteiger partial charge in [0.05, 0.1) is 12.8 Å². The molecule has 4 nitrogen and oxygen atoms in total. The van der Waals surface area contributed by atoms with E-state index in [-0.39, 0.29) is 5.97 Å². The van der Waals surface area contributed by atoms with E-state index in [9.17, 15) is 4.79 Å². The van der Waals surface area contributed by atoms with Gasteiger partial charge in [0.15, 0.2) is 0 Å². The maximum absolute atomic E-state index is 11.6. The van der Waals surface area contributed by atoms with E-state index < -0.39 is 0 Å². The highest BCUT2D eigenvalue weighted by Crippen LogP contribution is 2.22. The predicted octanol–water partition coefficient (Wildman–Crippen LogP) is 1.88. The molecule has 0 radical (unpaired) electrons. The molecule has 0 amide bonds. The predicted molar refractivity (Wildman–Crippen MR) is 53.8 cm³/mol. The van der Waals surface area contributed by atoms with Gasteiger partial charge in [-0.3, -0.25) is 4.40 Å². The van der Waals surface area contributed by atoms with Crippen molar-refractivity contribution >= 4 is 22.1 Å². The van der Waals surface area contributed by atoms with E-state index in [1.165, 1.54) is 11.3 Å². The van der Waals surface area contributed by atoms with Crippen molar-refractivity contribution in [3.8, 4) is 0 Å². The van der Waals surface area contributed by atoms with E-state index in [0.717, 1.165) is 9.71 Å². The number of aryl methyl sites for hydroxylation is 1. The van der Waals surface area contributed by atoms with Gasteiger partial charge in [-0.1, -0.05) is 0 Å². The molecule has 2 rings (SSSR count). The van der Waals surface area contributed by atoms with Crippen molar-refractivity contribution in [3.63, 3.8) is 0 Å². The third-order valence-corrected chi connectivity index (χ3v) is 2.92. The average molecular weight is 210 g/mol. The Morgan fingerprint density at radius 2 is 2.50 bits per heavy atom. The highest BCUT2D eigenvalue weighted by atomic mass is 32.1. The fourth-order valence-electron chi connectivity index (χ4n) is 1.34. The zero-order chi connectivity index (χ0) is 10.1. The number of aromatic nitrogens is 2. The summed E-state index contributed by atoms with van der Waals surface area (Å²) >= 11 is 1.54. The molecule has 0 spiro atoms. The Balaban J connectivity index is 2.53. The number of ether oxygens (including phenoxy) is 1. The summed E-state index contributed by atoms with van der Waals surface area (Å²) in [6, 6.07) is 0. The molecule has 2 aromatic heterocycles. The van der Waals surface area contributed by atoms with E-state index in [0.29, 0.717) is 12.3 Å². The normalized spacial score (nSPS) is 10.7. The zero-order valence-electron chi connectivity index (χ0n) is 7.98. The Kier molecular flexibility index (Phi) is 2.25. The number of imidazole rings is 1. The van der Waals surface area contributed by atoms with E-state index in [2.05, 4.69) is 4.98 Å². The smallest absolute Gasteiger partial charge is 0.356 e. The average Bonchev–Trinajstić information content (AvgIpc) is 2.63. The Morgan fingerprint density at radius 3 is 3.21 bits per heavy atom. The molecule has 0 saturated carbocycles. The molecule has 0 atom stereocenters. The van der Waals surface area contributed by atoms with Crippen molar-refractivity contribution < 1.29 is 9.53 Å². The second kappa shape index (κ2) is 3.42. The minimum Gasteiger partial charge on any atom is -0.461 e. The summed E-state index contributed by atoms with van der Waals surface area (Å²) in [6.45, 7) is 4.10. The van der Waals surface area contributed by atoms with Gasteiger partial charge in [-0.15, -0.1) is 11.3 Å². The lowest BCUT2D eigenvalue weighted by atomic mass is 10.4. The standard InChI is InChI=1S/C9H10N2O2S/c1-3-13-9(12)8-6(2)14-7-4-10-5-11(7)8/h4-5H,3H2,1-2H3.